The quantitative estimate of drug-likeness (QED) is 0.802. The number of carboxylic acid groups (broad SMARTS) is 1. The summed E-state index contributed by atoms with van der Waals surface area (Å²) in [6.07, 6.45) is 3.55. The highest BCUT2D eigenvalue weighted by Gasteiger charge is 2.24. The van der Waals surface area contributed by atoms with Crippen LogP contribution in [-0.4, -0.2) is 28.5 Å². The van der Waals surface area contributed by atoms with Crippen LogP contribution in [0.2, 0.25) is 0 Å². The lowest BCUT2D eigenvalue weighted by Gasteiger charge is -2.02. The van der Waals surface area contributed by atoms with E-state index in [4.69, 9.17) is 5.11 Å². The van der Waals surface area contributed by atoms with Gasteiger partial charge in [0.15, 0.2) is 5.69 Å². The van der Waals surface area contributed by atoms with Gasteiger partial charge in [0.2, 0.25) is 5.91 Å². The van der Waals surface area contributed by atoms with E-state index < -0.39 is 5.97 Å². The van der Waals surface area contributed by atoms with Crippen molar-refractivity contribution >= 4 is 23.2 Å². The summed E-state index contributed by atoms with van der Waals surface area (Å²) >= 11 is 1.31. The number of carbonyl (C=O) groups is 2. The summed E-state index contributed by atoms with van der Waals surface area (Å²) in [4.78, 5) is 25.9. The fourth-order valence-corrected chi connectivity index (χ4v) is 2.26. The molecule has 1 aromatic rings. The maximum absolute atomic E-state index is 11.4. The van der Waals surface area contributed by atoms with Crippen LogP contribution in [0, 0.1) is 5.92 Å². The number of rotatable bonds is 6. The van der Waals surface area contributed by atoms with E-state index in [1.54, 1.807) is 0 Å². The van der Waals surface area contributed by atoms with E-state index in [2.05, 4.69) is 10.3 Å². The van der Waals surface area contributed by atoms with E-state index in [0.717, 1.165) is 5.01 Å². The lowest BCUT2D eigenvalue weighted by molar-refractivity contribution is -0.121. The van der Waals surface area contributed by atoms with Gasteiger partial charge in [-0.15, -0.1) is 11.3 Å². The monoisotopic (exact) mass is 254 g/mol. The second-order valence-electron chi connectivity index (χ2n) is 4.18. The van der Waals surface area contributed by atoms with Gasteiger partial charge in [0.05, 0.1) is 5.01 Å². The summed E-state index contributed by atoms with van der Waals surface area (Å²) in [5.74, 6) is -0.332. The largest absolute Gasteiger partial charge is 0.476 e. The number of carbonyl (C=O) groups excluding carboxylic acids is 1. The topological polar surface area (TPSA) is 79.3 Å². The fraction of sp³-hybridized carbons (Fsp3) is 0.545. The van der Waals surface area contributed by atoms with Crippen molar-refractivity contribution in [1.29, 1.82) is 0 Å². The number of nitrogens with zero attached hydrogens (tertiary/aromatic N) is 1. The van der Waals surface area contributed by atoms with Crippen molar-refractivity contribution in [3.05, 3.63) is 16.1 Å². The van der Waals surface area contributed by atoms with Gasteiger partial charge in [0.1, 0.15) is 0 Å². The van der Waals surface area contributed by atoms with Crippen LogP contribution >= 0.6 is 11.3 Å². The Bertz CT molecular complexity index is 426. The Kier molecular flexibility index (Phi) is 3.73. The minimum absolute atomic E-state index is 0.0781. The van der Waals surface area contributed by atoms with Crippen LogP contribution in [0.3, 0.4) is 0 Å². The van der Waals surface area contributed by atoms with Crippen LogP contribution in [-0.2, 0) is 11.2 Å². The van der Waals surface area contributed by atoms with Gasteiger partial charge in [-0.2, -0.15) is 0 Å². The number of aromatic nitrogens is 1. The Morgan fingerprint density at radius 2 is 2.29 bits per heavy atom. The maximum Gasteiger partial charge on any atom is 0.355 e. The summed E-state index contributed by atoms with van der Waals surface area (Å²) in [6, 6.07) is 0. The van der Waals surface area contributed by atoms with Gasteiger partial charge in [0, 0.05) is 24.8 Å². The SMILES string of the molecule is O=C(CC1CC1)NCCc1nc(C(=O)O)cs1. The lowest BCUT2D eigenvalue weighted by Crippen LogP contribution is -2.25. The number of aromatic carboxylic acids is 1. The van der Waals surface area contributed by atoms with Gasteiger partial charge in [-0.05, 0) is 18.8 Å². The summed E-state index contributed by atoms with van der Waals surface area (Å²) in [5.41, 5.74) is 0.0781. The molecule has 1 amide bonds. The molecule has 0 saturated heterocycles. The first kappa shape index (κ1) is 12.0. The molecule has 5 nitrogen and oxygen atoms in total. The number of hydrogen-bond acceptors (Lipinski definition) is 4. The van der Waals surface area contributed by atoms with Crippen LogP contribution in [0.1, 0.15) is 34.8 Å². The number of amides is 1. The minimum atomic E-state index is -1.01. The van der Waals surface area contributed by atoms with Crippen LogP contribution < -0.4 is 5.32 Å². The molecular formula is C11H14N2O3S. The number of carboxylic acids is 1. The predicted octanol–water partition coefficient (Wildman–Crippen LogP) is 1.30. The molecule has 0 radical (unpaired) electrons. The van der Waals surface area contributed by atoms with Gasteiger partial charge in [0.25, 0.3) is 0 Å². The van der Waals surface area contributed by atoms with Crippen molar-refractivity contribution in [2.24, 2.45) is 5.92 Å². The van der Waals surface area contributed by atoms with Crippen LogP contribution in [0.4, 0.5) is 0 Å². The first-order chi connectivity index (χ1) is 8.15. The van der Waals surface area contributed by atoms with E-state index >= 15 is 0 Å². The van der Waals surface area contributed by atoms with Crippen molar-refractivity contribution in [1.82, 2.24) is 10.3 Å². The Hall–Kier alpha value is -1.43. The molecule has 1 aliphatic carbocycles. The number of nitrogens with one attached hydrogen (secondary N) is 1. The van der Waals surface area contributed by atoms with E-state index in [-0.39, 0.29) is 11.6 Å². The van der Waals surface area contributed by atoms with E-state index in [0.29, 0.717) is 25.3 Å². The summed E-state index contributed by atoms with van der Waals surface area (Å²) < 4.78 is 0. The molecule has 1 heterocycles. The third-order valence-corrected chi connectivity index (χ3v) is 3.51. The standard InChI is InChI=1S/C11H14N2O3S/c14-9(5-7-1-2-7)12-4-3-10-13-8(6-17-10)11(15)16/h6-7H,1-5H2,(H,12,14)(H,15,16). The molecule has 1 fully saturated rings. The van der Waals surface area contributed by atoms with Gasteiger partial charge in [-0.25, -0.2) is 9.78 Å². The van der Waals surface area contributed by atoms with Gasteiger partial charge in [-0.1, -0.05) is 0 Å². The molecule has 1 saturated carbocycles. The van der Waals surface area contributed by atoms with Crippen molar-refractivity contribution in [2.45, 2.75) is 25.7 Å². The molecule has 1 aliphatic rings. The molecule has 0 unspecified atom stereocenters. The maximum atomic E-state index is 11.4. The zero-order valence-corrected chi connectivity index (χ0v) is 10.1. The van der Waals surface area contributed by atoms with Gasteiger partial charge in [-0.3, -0.25) is 4.79 Å². The fourth-order valence-electron chi connectivity index (χ4n) is 1.49. The van der Waals surface area contributed by atoms with Gasteiger partial charge >= 0.3 is 5.97 Å². The highest BCUT2D eigenvalue weighted by atomic mass is 32.1. The second kappa shape index (κ2) is 5.27. The first-order valence-electron chi connectivity index (χ1n) is 5.59. The predicted molar refractivity (Wildman–Crippen MR) is 63.1 cm³/mol. The van der Waals surface area contributed by atoms with Crippen LogP contribution in [0.25, 0.3) is 0 Å². The molecule has 17 heavy (non-hydrogen) atoms. The highest BCUT2D eigenvalue weighted by molar-refractivity contribution is 7.09. The third-order valence-electron chi connectivity index (χ3n) is 2.60. The lowest BCUT2D eigenvalue weighted by atomic mass is 10.3. The van der Waals surface area contributed by atoms with Crippen molar-refractivity contribution in [2.75, 3.05) is 6.54 Å². The average molecular weight is 254 g/mol. The third kappa shape index (κ3) is 3.81. The molecule has 92 valence electrons. The molecule has 0 bridgehead atoms. The Morgan fingerprint density at radius 1 is 1.53 bits per heavy atom. The molecular weight excluding hydrogens is 240 g/mol. The average Bonchev–Trinajstić information content (AvgIpc) is 2.94. The van der Waals surface area contributed by atoms with E-state index in [1.807, 2.05) is 0 Å². The number of hydrogen-bond donors (Lipinski definition) is 2. The second-order valence-corrected chi connectivity index (χ2v) is 5.12. The summed E-state index contributed by atoms with van der Waals surface area (Å²) in [7, 11) is 0. The normalized spacial score (nSPS) is 14.6. The number of thiazole rings is 1. The Labute approximate surface area is 103 Å². The Balaban J connectivity index is 1.69. The van der Waals surface area contributed by atoms with Crippen molar-refractivity contribution < 1.29 is 14.7 Å². The molecule has 0 aromatic carbocycles. The zero-order valence-electron chi connectivity index (χ0n) is 9.31. The molecule has 0 aliphatic heterocycles. The van der Waals surface area contributed by atoms with Crippen LogP contribution in [0.15, 0.2) is 5.38 Å². The minimum Gasteiger partial charge on any atom is -0.476 e. The molecule has 1 aromatic heterocycles. The molecule has 6 heteroatoms. The summed E-state index contributed by atoms with van der Waals surface area (Å²) in [5, 5.41) is 13.8. The molecule has 2 N–H and O–H groups in total. The summed E-state index contributed by atoms with van der Waals surface area (Å²) in [6.45, 7) is 0.526. The first-order valence-corrected chi connectivity index (χ1v) is 6.47. The highest BCUT2D eigenvalue weighted by Crippen LogP contribution is 2.31. The van der Waals surface area contributed by atoms with Crippen LogP contribution in [0.5, 0.6) is 0 Å². The zero-order chi connectivity index (χ0) is 12.3. The smallest absolute Gasteiger partial charge is 0.355 e. The van der Waals surface area contributed by atoms with E-state index in [9.17, 15) is 9.59 Å². The van der Waals surface area contributed by atoms with E-state index in [1.165, 1.54) is 29.6 Å². The van der Waals surface area contributed by atoms with Crippen molar-refractivity contribution in [3.63, 3.8) is 0 Å². The molecule has 2 rings (SSSR count). The van der Waals surface area contributed by atoms with Gasteiger partial charge < -0.3 is 10.4 Å². The van der Waals surface area contributed by atoms with Crippen molar-refractivity contribution in [3.8, 4) is 0 Å². The molecule has 0 spiro atoms. The Morgan fingerprint density at radius 3 is 2.88 bits per heavy atom. The molecule has 0 atom stereocenters.